The van der Waals surface area contributed by atoms with Crippen LogP contribution in [0.4, 0.5) is 0 Å². The van der Waals surface area contributed by atoms with E-state index in [1.165, 1.54) is 25.7 Å². The summed E-state index contributed by atoms with van der Waals surface area (Å²) in [5, 5.41) is 0. The van der Waals surface area contributed by atoms with Gasteiger partial charge in [-0.15, -0.1) is 0 Å². The molecule has 0 unspecified atom stereocenters. The largest absolute Gasteiger partial charge is 0.330 e. The van der Waals surface area contributed by atoms with Crippen LogP contribution >= 0.6 is 0 Å². The fourth-order valence-electron chi connectivity index (χ4n) is 1.95. The Morgan fingerprint density at radius 1 is 1.36 bits per heavy atom. The first-order valence-corrected chi connectivity index (χ1v) is 4.60. The third kappa shape index (κ3) is 2.46. The molecular weight excluding hydrogens is 136 g/mol. The molecule has 0 saturated heterocycles. The van der Waals surface area contributed by atoms with Gasteiger partial charge in [-0.1, -0.05) is 6.42 Å². The summed E-state index contributed by atoms with van der Waals surface area (Å²) in [4.78, 5) is 2.34. The normalized spacial score (nSPS) is 32.7. The Morgan fingerprint density at radius 3 is 2.64 bits per heavy atom. The molecule has 1 rings (SSSR count). The van der Waals surface area contributed by atoms with E-state index in [-0.39, 0.29) is 0 Å². The zero-order valence-corrected chi connectivity index (χ0v) is 7.71. The third-order valence-corrected chi connectivity index (χ3v) is 2.82. The number of nitrogens with zero attached hydrogens (tertiary/aromatic N) is 1. The van der Waals surface area contributed by atoms with Crippen LogP contribution in [0.5, 0.6) is 0 Å². The topological polar surface area (TPSA) is 29.3 Å². The number of rotatable bonds is 2. The molecule has 1 fully saturated rings. The number of hydrogen-bond donors (Lipinski definition) is 1. The lowest BCUT2D eigenvalue weighted by molar-refractivity contribution is 0.188. The van der Waals surface area contributed by atoms with Gasteiger partial charge in [0.15, 0.2) is 0 Å². The maximum Gasteiger partial charge on any atom is 0.00922 e. The average molecular weight is 156 g/mol. The summed E-state index contributed by atoms with van der Waals surface area (Å²) in [5.74, 6) is 0.788. The Balaban J connectivity index is 2.33. The van der Waals surface area contributed by atoms with Crippen molar-refractivity contribution < 1.29 is 0 Å². The molecule has 11 heavy (non-hydrogen) atoms. The van der Waals surface area contributed by atoms with Crippen LogP contribution in [-0.4, -0.2) is 31.6 Å². The van der Waals surface area contributed by atoms with Gasteiger partial charge >= 0.3 is 0 Å². The molecule has 0 heterocycles. The lowest BCUT2D eigenvalue weighted by Crippen LogP contribution is -2.35. The van der Waals surface area contributed by atoms with Gasteiger partial charge in [0.05, 0.1) is 0 Å². The summed E-state index contributed by atoms with van der Waals surface area (Å²) in [6.07, 6.45) is 5.39. The quantitative estimate of drug-likeness (QED) is 0.648. The van der Waals surface area contributed by atoms with Crippen molar-refractivity contribution in [3.63, 3.8) is 0 Å². The van der Waals surface area contributed by atoms with Gasteiger partial charge in [0, 0.05) is 6.04 Å². The summed E-state index contributed by atoms with van der Waals surface area (Å²) < 4.78 is 0. The molecule has 0 aromatic heterocycles. The van der Waals surface area contributed by atoms with E-state index < -0.39 is 0 Å². The minimum Gasteiger partial charge on any atom is -0.330 e. The molecule has 2 atom stereocenters. The first-order valence-electron chi connectivity index (χ1n) is 4.60. The number of nitrogens with two attached hydrogens (primary N) is 1. The van der Waals surface area contributed by atoms with Crippen molar-refractivity contribution in [2.45, 2.75) is 31.7 Å². The Kier molecular flexibility index (Phi) is 3.34. The van der Waals surface area contributed by atoms with Crippen molar-refractivity contribution in [1.29, 1.82) is 0 Å². The van der Waals surface area contributed by atoms with E-state index >= 15 is 0 Å². The average Bonchev–Trinajstić information content (AvgIpc) is 2.05. The fraction of sp³-hybridized carbons (Fsp3) is 1.00. The van der Waals surface area contributed by atoms with Crippen molar-refractivity contribution in [1.82, 2.24) is 4.90 Å². The predicted octanol–water partition coefficient (Wildman–Crippen LogP) is 1.07. The highest BCUT2D eigenvalue weighted by molar-refractivity contribution is 4.77. The lowest BCUT2D eigenvalue weighted by atomic mass is 9.85. The highest BCUT2D eigenvalue weighted by Crippen LogP contribution is 2.25. The molecule has 1 aliphatic carbocycles. The first-order chi connectivity index (χ1) is 5.24. The Hall–Kier alpha value is -0.0800. The van der Waals surface area contributed by atoms with Crippen LogP contribution in [0.1, 0.15) is 25.7 Å². The second-order valence-electron chi connectivity index (χ2n) is 3.89. The second-order valence-corrected chi connectivity index (χ2v) is 3.89. The molecule has 2 nitrogen and oxygen atoms in total. The van der Waals surface area contributed by atoms with E-state index in [2.05, 4.69) is 19.0 Å². The molecule has 0 bridgehead atoms. The van der Waals surface area contributed by atoms with E-state index in [0.29, 0.717) is 0 Å². The molecule has 1 saturated carbocycles. The van der Waals surface area contributed by atoms with Gasteiger partial charge in [-0.25, -0.2) is 0 Å². The van der Waals surface area contributed by atoms with Crippen molar-refractivity contribution in [2.24, 2.45) is 11.7 Å². The summed E-state index contributed by atoms with van der Waals surface area (Å²) in [6, 6.07) is 0.789. The van der Waals surface area contributed by atoms with Gasteiger partial charge in [0.25, 0.3) is 0 Å². The van der Waals surface area contributed by atoms with Gasteiger partial charge < -0.3 is 10.6 Å². The molecule has 2 heteroatoms. The fourth-order valence-corrected chi connectivity index (χ4v) is 1.95. The Labute approximate surface area is 69.8 Å². The number of hydrogen-bond acceptors (Lipinski definition) is 2. The van der Waals surface area contributed by atoms with E-state index in [4.69, 9.17) is 5.73 Å². The van der Waals surface area contributed by atoms with Crippen molar-refractivity contribution in [3.8, 4) is 0 Å². The van der Waals surface area contributed by atoms with E-state index in [1.807, 2.05) is 0 Å². The maximum absolute atomic E-state index is 5.65. The van der Waals surface area contributed by atoms with Crippen LogP contribution in [-0.2, 0) is 0 Å². The summed E-state index contributed by atoms with van der Waals surface area (Å²) in [5.41, 5.74) is 5.65. The molecule has 66 valence electrons. The van der Waals surface area contributed by atoms with Gasteiger partial charge in [-0.3, -0.25) is 0 Å². The molecule has 0 aromatic rings. The zero-order valence-electron chi connectivity index (χ0n) is 7.71. The SMILES string of the molecule is CN(C)[C@H]1CCC[C@H](CN)C1. The highest BCUT2D eigenvalue weighted by atomic mass is 15.1. The van der Waals surface area contributed by atoms with Crippen LogP contribution in [0.3, 0.4) is 0 Å². The first kappa shape index (κ1) is 9.01. The highest BCUT2D eigenvalue weighted by Gasteiger charge is 2.21. The maximum atomic E-state index is 5.65. The minimum absolute atomic E-state index is 0.788. The molecule has 0 spiro atoms. The third-order valence-electron chi connectivity index (χ3n) is 2.82. The molecule has 0 aromatic carbocycles. The van der Waals surface area contributed by atoms with Gasteiger partial charge in [-0.05, 0) is 45.8 Å². The van der Waals surface area contributed by atoms with E-state index in [9.17, 15) is 0 Å². The minimum atomic E-state index is 0.788. The zero-order chi connectivity index (χ0) is 8.27. The van der Waals surface area contributed by atoms with Crippen molar-refractivity contribution in [3.05, 3.63) is 0 Å². The van der Waals surface area contributed by atoms with E-state index in [1.54, 1.807) is 0 Å². The molecule has 0 aliphatic heterocycles. The van der Waals surface area contributed by atoms with Crippen LogP contribution in [0, 0.1) is 5.92 Å². The molecule has 0 amide bonds. The summed E-state index contributed by atoms with van der Waals surface area (Å²) in [6.45, 7) is 0.879. The van der Waals surface area contributed by atoms with Crippen LogP contribution in [0.25, 0.3) is 0 Å². The molecular formula is C9H20N2. The van der Waals surface area contributed by atoms with Crippen LogP contribution < -0.4 is 5.73 Å². The van der Waals surface area contributed by atoms with Gasteiger partial charge in [0.1, 0.15) is 0 Å². The van der Waals surface area contributed by atoms with Gasteiger partial charge in [-0.2, -0.15) is 0 Å². The Morgan fingerprint density at radius 2 is 2.09 bits per heavy atom. The standard InChI is InChI=1S/C9H20N2/c1-11(2)9-5-3-4-8(6-9)7-10/h8-9H,3-7,10H2,1-2H3/t8-,9-/m0/s1. The Bertz CT molecular complexity index is 112. The predicted molar refractivity (Wildman–Crippen MR) is 48.5 cm³/mol. The molecule has 1 aliphatic rings. The smallest absolute Gasteiger partial charge is 0.00922 e. The van der Waals surface area contributed by atoms with Crippen molar-refractivity contribution in [2.75, 3.05) is 20.6 Å². The lowest BCUT2D eigenvalue weighted by Gasteiger charge is -2.32. The van der Waals surface area contributed by atoms with Crippen LogP contribution in [0.15, 0.2) is 0 Å². The second kappa shape index (κ2) is 4.07. The molecule has 0 radical (unpaired) electrons. The summed E-state index contributed by atoms with van der Waals surface area (Å²) >= 11 is 0. The summed E-state index contributed by atoms with van der Waals surface area (Å²) in [7, 11) is 4.34. The monoisotopic (exact) mass is 156 g/mol. The molecule has 2 N–H and O–H groups in total. The van der Waals surface area contributed by atoms with Gasteiger partial charge in [0.2, 0.25) is 0 Å². The van der Waals surface area contributed by atoms with Crippen molar-refractivity contribution >= 4 is 0 Å². The van der Waals surface area contributed by atoms with Crippen LogP contribution in [0.2, 0.25) is 0 Å². The van der Waals surface area contributed by atoms with E-state index in [0.717, 1.165) is 18.5 Å².